The number of hydrogen-bond donors (Lipinski definition) is 2. The second-order valence-corrected chi connectivity index (χ2v) is 4.49. The van der Waals surface area contributed by atoms with Gasteiger partial charge in [0.25, 0.3) is 0 Å². The Morgan fingerprint density at radius 3 is 2.56 bits per heavy atom. The Bertz CT molecular complexity index is 343. The second-order valence-electron chi connectivity index (χ2n) is 4.49. The number of urea groups is 1. The smallest absolute Gasteiger partial charge is 0.321 e. The number of nitrogens with one attached hydrogen (secondary N) is 2. The fourth-order valence-corrected chi connectivity index (χ4v) is 2.01. The van der Waals surface area contributed by atoms with E-state index in [9.17, 15) is 14.4 Å². The third-order valence-electron chi connectivity index (χ3n) is 2.92. The van der Waals surface area contributed by atoms with E-state index >= 15 is 0 Å². The molecule has 1 heterocycles. The molecule has 0 aromatic rings. The Morgan fingerprint density at radius 1 is 1.33 bits per heavy atom. The van der Waals surface area contributed by atoms with E-state index in [1.807, 2.05) is 0 Å². The van der Waals surface area contributed by atoms with Crippen molar-refractivity contribution in [3.63, 3.8) is 0 Å². The predicted molar refractivity (Wildman–Crippen MR) is 65.9 cm³/mol. The first kappa shape index (κ1) is 14.4. The molecule has 1 aliphatic heterocycles. The van der Waals surface area contributed by atoms with Crippen molar-refractivity contribution in [3.05, 3.63) is 0 Å². The van der Waals surface area contributed by atoms with Crippen molar-refractivity contribution in [2.45, 2.75) is 18.9 Å². The van der Waals surface area contributed by atoms with E-state index < -0.39 is 11.9 Å². The van der Waals surface area contributed by atoms with Crippen molar-refractivity contribution < 1.29 is 14.4 Å². The van der Waals surface area contributed by atoms with Gasteiger partial charge in [-0.2, -0.15) is 0 Å². The topological polar surface area (TPSA) is 81.8 Å². The first-order chi connectivity index (χ1) is 8.45. The van der Waals surface area contributed by atoms with Crippen molar-refractivity contribution >= 4 is 17.8 Å². The molecule has 0 bridgehead atoms. The summed E-state index contributed by atoms with van der Waals surface area (Å²) in [6.45, 7) is 0.767. The number of nitrogens with zero attached hydrogens (tertiary/aromatic N) is 2. The molecule has 1 aliphatic rings. The van der Waals surface area contributed by atoms with Crippen LogP contribution < -0.4 is 10.6 Å². The minimum absolute atomic E-state index is 0.000225. The number of amides is 4. The van der Waals surface area contributed by atoms with Gasteiger partial charge in [0, 0.05) is 21.1 Å². The zero-order valence-electron chi connectivity index (χ0n) is 11.0. The molecule has 0 radical (unpaired) electrons. The van der Waals surface area contributed by atoms with E-state index in [1.165, 1.54) is 11.9 Å². The molecule has 7 nitrogen and oxygen atoms in total. The molecule has 1 rings (SSSR count). The van der Waals surface area contributed by atoms with Gasteiger partial charge in [-0.1, -0.05) is 0 Å². The molecule has 1 saturated heterocycles. The van der Waals surface area contributed by atoms with Crippen molar-refractivity contribution in [2.24, 2.45) is 0 Å². The summed E-state index contributed by atoms with van der Waals surface area (Å²) in [6.07, 6.45) is 1.64. The molecular formula is C11H20N4O3. The van der Waals surface area contributed by atoms with Crippen LogP contribution >= 0.6 is 0 Å². The van der Waals surface area contributed by atoms with E-state index in [4.69, 9.17) is 0 Å². The van der Waals surface area contributed by atoms with Gasteiger partial charge >= 0.3 is 6.03 Å². The lowest BCUT2D eigenvalue weighted by atomic mass is 10.2. The van der Waals surface area contributed by atoms with Crippen LogP contribution in [0.15, 0.2) is 0 Å². The molecule has 2 N–H and O–H groups in total. The first-order valence-corrected chi connectivity index (χ1v) is 5.92. The summed E-state index contributed by atoms with van der Waals surface area (Å²) in [6, 6.07) is -0.787. The van der Waals surface area contributed by atoms with Crippen LogP contribution in [-0.2, 0) is 9.59 Å². The maximum absolute atomic E-state index is 11.9. The first-order valence-electron chi connectivity index (χ1n) is 5.92. The molecule has 1 atom stereocenters. The van der Waals surface area contributed by atoms with Gasteiger partial charge in [-0.15, -0.1) is 0 Å². The average molecular weight is 256 g/mol. The van der Waals surface area contributed by atoms with E-state index in [0.29, 0.717) is 6.54 Å². The number of likely N-dealkylation sites (N-methyl/N-ethyl adjacent to an activating group) is 1. The predicted octanol–water partition coefficient (Wildman–Crippen LogP) is -1.01. The standard InChI is InChI=1S/C11H20N4O3/c1-12-11(18)13-9(16)7-15-6-4-5-8(15)10(17)14(2)3/h8H,4-7H2,1-3H3,(H2,12,13,16,18). The van der Waals surface area contributed by atoms with Gasteiger partial charge in [0.2, 0.25) is 11.8 Å². The Hall–Kier alpha value is -1.63. The van der Waals surface area contributed by atoms with Gasteiger partial charge in [0.05, 0.1) is 12.6 Å². The lowest BCUT2D eigenvalue weighted by Crippen LogP contribution is -2.48. The van der Waals surface area contributed by atoms with Crippen LogP contribution in [0, 0.1) is 0 Å². The number of imide groups is 1. The second kappa shape index (κ2) is 6.34. The van der Waals surface area contributed by atoms with Gasteiger partial charge in [0.15, 0.2) is 0 Å². The Labute approximate surface area is 106 Å². The van der Waals surface area contributed by atoms with Crippen LogP contribution in [0.25, 0.3) is 0 Å². The summed E-state index contributed by atoms with van der Waals surface area (Å²) in [5.41, 5.74) is 0. The van der Waals surface area contributed by atoms with Crippen LogP contribution in [0.2, 0.25) is 0 Å². The maximum atomic E-state index is 11.9. The number of carbonyl (C=O) groups is 3. The van der Waals surface area contributed by atoms with Crippen molar-refractivity contribution in [2.75, 3.05) is 34.2 Å². The third kappa shape index (κ3) is 3.69. The van der Waals surface area contributed by atoms with Crippen LogP contribution in [-0.4, -0.2) is 67.9 Å². The lowest BCUT2D eigenvalue weighted by molar-refractivity contribution is -0.134. The summed E-state index contributed by atoms with van der Waals surface area (Å²) >= 11 is 0. The third-order valence-corrected chi connectivity index (χ3v) is 2.92. The van der Waals surface area contributed by atoms with Gasteiger partial charge in [-0.3, -0.25) is 19.8 Å². The van der Waals surface area contributed by atoms with Crippen LogP contribution in [0.5, 0.6) is 0 Å². The minimum Gasteiger partial charge on any atom is -0.347 e. The molecule has 0 spiro atoms. The summed E-state index contributed by atoms with van der Waals surface area (Å²) in [5.74, 6) is -0.395. The van der Waals surface area contributed by atoms with E-state index in [2.05, 4.69) is 10.6 Å². The Balaban J connectivity index is 2.52. The largest absolute Gasteiger partial charge is 0.347 e. The van der Waals surface area contributed by atoms with E-state index in [1.54, 1.807) is 19.0 Å². The van der Waals surface area contributed by atoms with Crippen molar-refractivity contribution in [3.8, 4) is 0 Å². The highest BCUT2D eigenvalue weighted by Gasteiger charge is 2.32. The fraction of sp³-hybridized carbons (Fsp3) is 0.727. The number of rotatable bonds is 3. The molecule has 0 aromatic heterocycles. The summed E-state index contributed by atoms with van der Waals surface area (Å²) < 4.78 is 0. The van der Waals surface area contributed by atoms with Crippen LogP contribution in [0.1, 0.15) is 12.8 Å². The van der Waals surface area contributed by atoms with Gasteiger partial charge in [0.1, 0.15) is 0 Å². The molecule has 7 heteroatoms. The molecule has 1 fully saturated rings. The van der Waals surface area contributed by atoms with Crippen LogP contribution in [0.4, 0.5) is 4.79 Å². The Kier molecular flexibility index (Phi) is 5.08. The highest BCUT2D eigenvalue weighted by Crippen LogP contribution is 2.18. The number of likely N-dealkylation sites (tertiary alicyclic amines) is 1. The van der Waals surface area contributed by atoms with Gasteiger partial charge < -0.3 is 10.2 Å². The molecule has 1 unspecified atom stereocenters. The van der Waals surface area contributed by atoms with Gasteiger partial charge in [-0.25, -0.2) is 4.79 Å². The molecule has 0 aromatic carbocycles. The molecule has 0 aliphatic carbocycles. The minimum atomic E-state index is -0.533. The summed E-state index contributed by atoms with van der Waals surface area (Å²) in [7, 11) is 4.84. The van der Waals surface area contributed by atoms with Crippen molar-refractivity contribution in [1.82, 2.24) is 20.4 Å². The SMILES string of the molecule is CNC(=O)NC(=O)CN1CCCC1C(=O)N(C)C. The number of carbonyl (C=O) groups excluding carboxylic acids is 3. The maximum Gasteiger partial charge on any atom is 0.321 e. The molecule has 4 amide bonds. The van der Waals surface area contributed by atoms with Crippen molar-refractivity contribution in [1.29, 1.82) is 0 Å². The number of hydrogen-bond acceptors (Lipinski definition) is 4. The fourth-order valence-electron chi connectivity index (χ4n) is 2.01. The zero-order chi connectivity index (χ0) is 13.7. The molecule has 0 saturated carbocycles. The molecule has 102 valence electrons. The van der Waals surface area contributed by atoms with E-state index in [0.717, 1.165) is 12.8 Å². The van der Waals surface area contributed by atoms with Crippen LogP contribution in [0.3, 0.4) is 0 Å². The average Bonchev–Trinajstić information content (AvgIpc) is 2.75. The quantitative estimate of drug-likeness (QED) is 0.678. The zero-order valence-corrected chi connectivity index (χ0v) is 11.0. The summed E-state index contributed by atoms with van der Waals surface area (Å²) in [5, 5.41) is 4.50. The Morgan fingerprint density at radius 2 is 2.00 bits per heavy atom. The molecular weight excluding hydrogens is 236 g/mol. The van der Waals surface area contributed by atoms with Gasteiger partial charge in [-0.05, 0) is 19.4 Å². The highest BCUT2D eigenvalue weighted by molar-refractivity contribution is 5.95. The van der Waals surface area contributed by atoms with E-state index in [-0.39, 0.29) is 18.5 Å². The highest BCUT2D eigenvalue weighted by atomic mass is 16.2. The summed E-state index contributed by atoms with van der Waals surface area (Å²) in [4.78, 5) is 37.8. The normalized spacial score (nSPS) is 19.4. The molecule has 18 heavy (non-hydrogen) atoms. The lowest BCUT2D eigenvalue weighted by Gasteiger charge is -2.25. The monoisotopic (exact) mass is 256 g/mol.